The van der Waals surface area contributed by atoms with Gasteiger partial charge >= 0.3 is 5.97 Å². The van der Waals surface area contributed by atoms with Crippen LogP contribution in [-0.4, -0.2) is 32.6 Å². The second-order valence-electron chi connectivity index (χ2n) is 10.4. The van der Waals surface area contributed by atoms with Crippen molar-refractivity contribution in [3.8, 4) is 0 Å². The number of carboxylic acids is 1. The normalized spacial score (nSPS) is 24.9. The van der Waals surface area contributed by atoms with E-state index in [1.54, 1.807) is 24.5 Å². The average Bonchev–Trinajstić information content (AvgIpc) is 3.80. The summed E-state index contributed by atoms with van der Waals surface area (Å²) < 4.78 is 1.95. The molecule has 0 bridgehead atoms. The molecule has 0 radical (unpaired) electrons. The minimum absolute atomic E-state index is 0.0980. The van der Waals surface area contributed by atoms with Crippen molar-refractivity contribution in [2.24, 2.45) is 5.92 Å². The van der Waals surface area contributed by atoms with Crippen LogP contribution in [0.3, 0.4) is 0 Å². The van der Waals surface area contributed by atoms with Gasteiger partial charge in [0.2, 0.25) is 5.43 Å². The summed E-state index contributed by atoms with van der Waals surface area (Å²) >= 11 is 0. The molecule has 3 aliphatic carbocycles. The molecular weight excluding hydrogens is 454 g/mol. The van der Waals surface area contributed by atoms with E-state index in [0.717, 1.165) is 29.5 Å². The number of carbonyl (C=O) groups excluding carboxylic acids is 1. The van der Waals surface area contributed by atoms with E-state index in [2.05, 4.69) is 29.4 Å². The van der Waals surface area contributed by atoms with Gasteiger partial charge < -0.3 is 15.0 Å². The maximum Gasteiger partial charge on any atom is 0.307 e. The number of fused-ring (bicyclic) bond motifs is 1. The number of aromatic nitrogens is 2. The highest BCUT2D eigenvalue weighted by molar-refractivity contribution is 5.97. The van der Waals surface area contributed by atoms with Gasteiger partial charge in [-0.2, -0.15) is 0 Å². The average molecular weight is 482 g/mol. The van der Waals surface area contributed by atoms with Crippen molar-refractivity contribution in [2.75, 3.05) is 0 Å². The van der Waals surface area contributed by atoms with Gasteiger partial charge in [-0.05, 0) is 67.4 Å². The summed E-state index contributed by atoms with van der Waals surface area (Å²) in [5.74, 6) is -1.24. The van der Waals surface area contributed by atoms with Crippen LogP contribution in [0.4, 0.5) is 0 Å². The fourth-order valence-corrected chi connectivity index (χ4v) is 5.22. The number of benzene rings is 1. The standard InChI is InChI=1S/C29H27N3O4/c1-29(12-2-4-19(15-29)17-6-8-18(9-7-17)22-14-23(22)28(35)36)32-16-24(27(34)31-20-10-11-20)25(33)21-5-3-13-30-26(21)32/h2-9,12-13,16,20,22-23H,10-11,14-15H2,1H3,(H,31,34)(H,35,36). The number of hydrogen-bond acceptors (Lipinski definition) is 4. The third-order valence-corrected chi connectivity index (χ3v) is 7.59. The molecule has 3 aromatic rings. The van der Waals surface area contributed by atoms with Crippen LogP contribution in [0.15, 0.2) is 71.8 Å². The van der Waals surface area contributed by atoms with E-state index in [9.17, 15) is 19.5 Å². The highest BCUT2D eigenvalue weighted by Gasteiger charge is 2.44. The molecule has 0 spiro atoms. The fourth-order valence-electron chi connectivity index (χ4n) is 5.22. The number of allylic oxidation sites excluding steroid dienone is 4. The molecule has 2 saturated carbocycles. The van der Waals surface area contributed by atoms with E-state index in [1.165, 1.54) is 0 Å². The van der Waals surface area contributed by atoms with Crippen LogP contribution in [-0.2, 0) is 10.3 Å². The molecular formula is C29H27N3O4. The number of amides is 1. The Labute approximate surface area is 208 Å². The second kappa shape index (κ2) is 8.29. The van der Waals surface area contributed by atoms with E-state index < -0.39 is 11.5 Å². The number of carbonyl (C=O) groups is 2. The molecule has 2 fully saturated rings. The molecule has 3 aliphatic rings. The number of pyridine rings is 2. The largest absolute Gasteiger partial charge is 0.481 e. The van der Waals surface area contributed by atoms with Crippen LogP contribution in [0.1, 0.15) is 60.0 Å². The number of hydrogen-bond donors (Lipinski definition) is 2. The first-order chi connectivity index (χ1) is 17.3. The summed E-state index contributed by atoms with van der Waals surface area (Å²) in [4.78, 5) is 41.9. The number of rotatable bonds is 6. The maximum absolute atomic E-state index is 13.2. The summed E-state index contributed by atoms with van der Waals surface area (Å²) in [6.07, 6.45) is 12.7. The van der Waals surface area contributed by atoms with E-state index in [4.69, 9.17) is 0 Å². The lowest BCUT2D eigenvalue weighted by molar-refractivity contribution is -0.138. The summed E-state index contributed by atoms with van der Waals surface area (Å²) in [7, 11) is 0. The van der Waals surface area contributed by atoms with Gasteiger partial charge in [-0.3, -0.25) is 14.4 Å². The van der Waals surface area contributed by atoms with Crippen LogP contribution in [0.5, 0.6) is 0 Å². The minimum atomic E-state index is -0.730. The highest BCUT2D eigenvalue weighted by atomic mass is 16.4. The zero-order valence-electron chi connectivity index (χ0n) is 20.0. The zero-order chi connectivity index (χ0) is 25.0. The van der Waals surface area contributed by atoms with Crippen LogP contribution < -0.4 is 10.7 Å². The molecule has 7 heteroatoms. The van der Waals surface area contributed by atoms with Crippen molar-refractivity contribution in [1.29, 1.82) is 0 Å². The first-order valence-electron chi connectivity index (χ1n) is 12.4. The lowest BCUT2D eigenvalue weighted by atomic mass is 9.84. The summed E-state index contributed by atoms with van der Waals surface area (Å²) in [6, 6.07) is 11.7. The lowest BCUT2D eigenvalue weighted by Gasteiger charge is -2.34. The third-order valence-electron chi connectivity index (χ3n) is 7.59. The molecule has 1 aromatic carbocycles. The summed E-state index contributed by atoms with van der Waals surface area (Å²) in [5.41, 5.74) is 3.06. The second-order valence-corrected chi connectivity index (χ2v) is 10.4. The minimum Gasteiger partial charge on any atom is -0.481 e. The smallest absolute Gasteiger partial charge is 0.307 e. The SMILES string of the molecule is CC1(n2cc(C(=O)NC3CC3)c(=O)c3cccnc32)C=CC=C(c2ccc(C3CC3C(=O)O)cc2)C1. The number of carboxylic acid groups (broad SMARTS) is 1. The summed E-state index contributed by atoms with van der Waals surface area (Å²) in [5, 5.41) is 12.6. The molecule has 0 aliphatic heterocycles. The van der Waals surface area contributed by atoms with Crippen LogP contribution >= 0.6 is 0 Å². The van der Waals surface area contributed by atoms with Crippen molar-refractivity contribution >= 4 is 28.5 Å². The van der Waals surface area contributed by atoms with Gasteiger partial charge in [0, 0.05) is 18.4 Å². The van der Waals surface area contributed by atoms with Crippen LogP contribution in [0.25, 0.3) is 16.6 Å². The molecule has 3 unspecified atom stereocenters. The Morgan fingerprint density at radius 1 is 1.17 bits per heavy atom. The van der Waals surface area contributed by atoms with E-state index >= 15 is 0 Å². The van der Waals surface area contributed by atoms with Crippen molar-refractivity contribution in [1.82, 2.24) is 14.9 Å². The molecule has 2 aromatic heterocycles. The van der Waals surface area contributed by atoms with Crippen LogP contribution in [0.2, 0.25) is 0 Å². The molecule has 1 amide bonds. The Bertz CT molecular complexity index is 1510. The van der Waals surface area contributed by atoms with Gasteiger partial charge in [-0.15, -0.1) is 0 Å². The molecule has 3 atom stereocenters. The zero-order valence-corrected chi connectivity index (χ0v) is 20.0. The van der Waals surface area contributed by atoms with Gasteiger partial charge in [0.25, 0.3) is 5.91 Å². The first kappa shape index (κ1) is 22.5. The summed E-state index contributed by atoms with van der Waals surface area (Å²) in [6.45, 7) is 2.08. The van der Waals surface area contributed by atoms with Gasteiger partial charge in [0.05, 0.1) is 16.8 Å². The quantitative estimate of drug-likeness (QED) is 0.549. The van der Waals surface area contributed by atoms with Crippen molar-refractivity contribution in [3.63, 3.8) is 0 Å². The predicted octanol–water partition coefficient (Wildman–Crippen LogP) is 4.24. The van der Waals surface area contributed by atoms with Gasteiger partial charge in [-0.25, -0.2) is 4.98 Å². The Kier molecular flexibility index (Phi) is 5.18. The van der Waals surface area contributed by atoms with E-state index in [0.29, 0.717) is 23.9 Å². The number of nitrogens with one attached hydrogen (secondary N) is 1. The Morgan fingerprint density at radius 3 is 2.64 bits per heavy atom. The Hall–Kier alpha value is -4.00. The van der Waals surface area contributed by atoms with Gasteiger partial charge in [0.15, 0.2) is 0 Å². The topological polar surface area (TPSA) is 101 Å². The van der Waals surface area contributed by atoms with E-state index in [-0.39, 0.29) is 34.8 Å². The molecule has 2 heterocycles. The molecule has 36 heavy (non-hydrogen) atoms. The molecule has 7 nitrogen and oxygen atoms in total. The third kappa shape index (κ3) is 3.94. The highest BCUT2D eigenvalue weighted by Crippen LogP contribution is 2.48. The number of aliphatic carboxylic acids is 1. The van der Waals surface area contributed by atoms with E-state index in [1.807, 2.05) is 34.9 Å². The molecule has 0 saturated heterocycles. The Balaban J connectivity index is 1.34. The van der Waals surface area contributed by atoms with Crippen molar-refractivity contribution in [2.45, 2.75) is 50.1 Å². The van der Waals surface area contributed by atoms with Crippen molar-refractivity contribution < 1.29 is 14.7 Å². The number of nitrogens with zero attached hydrogens (tertiary/aromatic N) is 2. The van der Waals surface area contributed by atoms with Crippen LogP contribution in [0, 0.1) is 5.92 Å². The monoisotopic (exact) mass is 481 g/mol. The van der Waals surface area contributed by atoms with Crippen molar-refractivity contribution in [3.05, 3.63) is 93.9 Å². The fraction of sp³-hybridized carbons (Fsp3) is 0.310. The van der Waals surface area contributed by atoms with Gasteiger partial charge in [0.1, 0.15) is 11.2 Å². The molecule has 6 rings (SSSR count). The Morgan fingerprint density at radius 2 is 1.94 bits per heavy atom. The van der Waals surface area contributed by atoms with Gasteiger partial charge in [-0.1, -0.05) is 42.5 Å². The molecule has 182 valence electrons. The first-order valence-corrected chi connectivity index (χ1v) is 12.4. The molecule has 2 N–H and O–H groups in total. The lowest BCUT2D eigenvalue weighted by Crippen LogP contribution is -2.36. The predicted molar refractivity (Wildman–Crippen MR) is 137 cm³/mol. The maximum atomic E-state index is 13.2.